The van der Waals surface area contributed by atoms with Crippen LogP contribution in [0.2, 0.25) is 0 Å². The monoisotopic (exact) mass is 696 g/mol. The number of hydrogen-bond donors (Lipinski definition) is 3. The highest BCUT2D eigenvalue weighted by Gasteiger charge is 2.70. The molecule has 2 fully saturated rings. The third-order valence-corrected chi connectivity index (χ3v) is 9.50. The second-order valence-corrected chi connectivity index (χ2v) is 16.5. The second-order valence-electron chi connectivity index (χ2n) is 16.5. The minimum Gasteiger partial charge on any atom is -0.455 e. The Balaban J connectivity index is 1.71. The number of carbonyl (C=O) groups is 6. The van der Waals surface area contributed by atoms with Gasteiger partial charge in [0.1, 0.15) is 23.3 Å². The SMILES string of the molecule is C=CCCC(NC(=O)[C@@H]1C2C(CN1C(=O)[C@@H](NC(=O)OC(C)(C)C)C(C)(C)C)C2(C)C)C(=O)C(=O)NCCC(=O)OC(C)(C)c1ccccc1. The van der Waals surface area contributed by atoms with Gasteiger partial charge in [-0.2, -0.15) is 0 Å². The van der Waals surface area contributed by atoms with Gasteiger partial charge in [-0.3, -0.25) is 24.0 Å². The van der Waals surface area contributed by atoms with Crippen molar-refractivity contribution in [1.82, 2.24) is 20.9 Å². The number of carbonyl (C=O) groups excluding carboxylic acids is 6. The lowest BCUT2D eigenvalue weighted by Gasteiger charge is -2.38. The Labute approximate surface area is 296 Å². The standard InChI is InChI=1S/C38H56N4O8/c1-12-13-19-25(29(44)32(46)39-21-20-26(43)49-38(10,11)23-17-15-14-16-18-23)40-31(45)28-27-24(37(27,8)9)22-42(28)33(47)30(35(2,3)4)41-34(48)50-36(5,6)7/h12,14-18,24-25,27-28,30H,1,13,19-22H2,2-11H3,(H,39,46)(H,40,45)(H,41,48)/t24?,25?,27?,28-,30+/m0/s1. The van der Waals surface area contributed by atoms with E-state index in [-0.39, 0.29) is 36.6 Å². The van der Waals surface area contributed by atoms with Crippen molar-refractivity contribution in [2.45, 2.75) is 118 Å². The van der Waals surface area contributed by atoms with Crippen LogP contribution in [0.25, 0.3) is 0 Å². The molecule has 12 nitrogen and oxygen atoms in total. The van der Waals surface area contributed by atoms with Gasteiger partial charge in [-0.1, -0.05) is 71.0 Å². The molecule has 0 spiro atoms. The molecule has 1 aromatic rings. The molecular formula is C38H56N4O8. The number of rotatable bonds is 14. The Bertz CT molecular complexity index is 1460. The molecule has 3 unspecified atom stereocenters. The number of nitrogens with one attached hydrogen (secondary N) is 3. The minimum atomic E-state index is -1.19. The van der Waals surface area contributed by atoms with Gasteiger partial charge in [0, 0.05) is 13.1 Å². The lowest BCUT2D eigenvalue weighted by Crippen LogP contribution is -2.60. The first kappa shape index (κ1) is 40.2. The number of likely N-dealkylation sites (tertiary alicyclic amines) is 1. The molecule has 1 saturated carbocycles. The molecule has 3 rings (SSSR count). The third-order valence-electron chi connectivity index (χ3n) is 9.50. The molecule has 0 bridgehead atoms. The molecule has 0 radical (unpaired) electrons. The van der Waals surface area contributed by atoms with E-state index in [0.717, 1.165) is 5.56 Å². The van der Waals surface area contributed by atoms with Gasteiger partial charge in [0.2, 0.25) is 17.6 Å². The topological polar surface area (TPSA) is 160 Å². The van der Waals surface area contributed by atoms with Crippen LogP contribution < -0.4 is 16.0 Å². The highest BCUT2D eigenvalue weighted by atomic mass is 16.6. The Morgan fingerprint density at radius 1 is 0.960 bits per heavy atom. The average Bonchev–Trinajstić information content (AvgIpc) is 3.31. The fourth-order valence-corrected chi connectivity index (χ4v) is 6.62. The molecule has 1 aliphatic heterocycles. The van der Waals surface area contributed by atoms with Crippen LogP contribution in [0.15, 0.2) is 43.0 Å². The van der Waals surface area contributed by atoms with Crippen LogP contribution in [0.4, 0.5) is 4.79 Å². The summed E-state index contributed by atoms with van der Waals surface area (Å²) in [7, 11) is 0. The van der Waals surface area contributed by atoms with Crippen LogP contribution in [0.3, 0.4) is 0 Å². The Morgan fingerprint density at radius 3 is 2.14 bits per heavy atom. The quantitative estimate of drug-likeness (QED) is 0.147. The molecule has 50 heavy (non-hydrogen) atoms. The van der Waals surface area contributed by atoms with Gasteiger partial charge in [-0.25, -0.2) is 4.79 Å². The number of esters is 1. The molecule has 1 heterocycles. The van der Waals surface area contributed by atoms with E-state index in [1.54, 1.807) is 40.7 Å². The summed E-state index contributed by atoms with van der Waals surface area (Å²) in [4.78, 5) is 81.3. The van der Waals surface area contributed by atoms with E-state index in [2.05, 4.69) is 22.5 Å². The zero-order valence-electron chi connectivity index (χ0n) is 31.3. The summed E-state index contributed by atoms with van der Waals surface area (Å²) < 4.78 is 11.0. The molecule has 2 aliphatic rings. The number of hydrogen-bond acceptors (Lipinski definition) is 8. The summed E-state index contributed by atoms with van der Waals surface area (Å²) >= 11 is 0. The molecule has 1 aromatic carbocycles. The number of Topliss-reactive ketones (excluding diaryl/α,β-unsaturated/α-hetero) is 1. The highest BCUT2D eigenvalue weighted by Crippen LogP contribution is 2.65. The number of ether oxygens (including phenoxy) is 2. The van der Waals surface area contributed by atoms with Gasteiger partial charge in [-0.15, -0.1) is 6.58 Å². The first-order valence-electron chi connectivity index (χ1n) is 17.3. The Kier molecular flexibility index (Phi) is 12.3. The number of alkyl carbamates (subject to hydrolysis) is 1. The predicted molar refractivity (Wildman–Crippen MR) is 188 cm³/mol. The summed E-state index contributed by atoms with van der Waals surface area (Å²) in [6, 6.07) is 6.13. The van der Waals surface area contributed by atoms with Crippen LogP contribution in [0.1, 0.15) is 94.1 Å². The van der Waals surface area contributed by atoms with E-state index in [4.69, 9.17) is 9.47 Å². The number of amides is 4. The van der Waals surface area contributed by atoms with Gasteiger partial charge in [0.25, 0.3) is 5.91 Å². The summed E-state index contributed by atoms with van der Waals surface area (Å²) in [6.45, 7) is 22.1. The second kappa shape index (κ2) is 15.3. The molecule has 12 heteroatoms. The number of piperidine rings is 1. The van der Waals surface area contributed by atoms with Crippen LogP contribution in [-0.2, 0) is 39.0 Å². The number of nitrogens with zero attached hydrogens (tertiary/aromatic N) is 1. The van der Waals surface area contributed by atoms with Crippen molar-refractivity contribution in [2.75, 3.05) is 13.1 Å². The largest absolute Gasteiger partial charge is 0.455 e. The maximum atomic E-state index is 14.1. The highest BCUT2D eigenvalue weighted by molar-refractivity contribution is 6.38. The lowest BCUT2D eigenvalue weighted by molar-refractivity contribution is -0.157. The van der Waals surface area contributed by atoms with E-state index in [1.807, 2.05) is 65.0 Å². The fraction of sp³-hybridized carbons (Fsp3) is 0.632. The van der Waals surface area contributed by atoms with Crippen molar-refractivity contribution in [3.8, 4) is 0 Å². The first-order valence-corrected chi connectivity index (χ1v) is 17.3. The van der Waals surface area contributed by atoms with Gasteiger partial charge < -0.3 is 30.3 Å². The first-order chi connectivity index (χ1) is 23.0. The van der Waals surface area contributed by atoms with Crippen molar-refractivity contribution in [2.24, 2.45) is 22.7 Å². The van der Waals surface area contributed by atoms with E-state index < -0.39 is 70.3 Å². The molecule has 3 N–H and O–H groups in total. The van der Waals surface area contributed by atoms with E-state index in [9.17, 15) is 28.8 Å². The molecule has 276 valence electrons. The fourth-order valence-electron chi connectivity index (χ4n) is 6.62. The Morgan fingerprint density at radius 2 is 1.58 bits per heavy atom. The number of benzene rings is 1. The number of ketones is 1. The third kappa shape index (κ3) is 9.94. The molecule has 1 aliphatic carbocycles. The van der Waals surface area contributed by atoms with Gasteiger partial charge in [0.05, 0.1) is 12.5 Å². The van der Waals surface area contributed by atoms with Crippen molar-refractivity contribution >= 4 is 35.6 Å². The molecule has 4 amide bonds. The normalized spacial score (nSPS) is 20.8. The minimum absolute atomic E-state index is 0.0431. The van der Waals surface area contributed by atoms with Crippen LogP contribution in [0, 0.1) is 22.7 Å². The summed E-state index contributed by atoms with van der Waals surface area (Å²) in [5, 5.41) is 7.95. The number of fused-ring (bicyclic) bond motifs is 1. The van der Waals surface area contributed by atoms with Crippen molar-refractivity contribution in [3.63, 3.8) is 0 Å². The van der Waals surface area contributed by atoms with Gasteiger partial charge >= 0.3 is 12.1 Å². The van der Waals surface area contributed by atoms with Gasteiger partial charge in [0.15, 0.2) is 0 Å². The maximum absolute atomic E-state index is 14.1. The smallest absolute Gasteiger partial charge is 0.408 e. The van der Waals surface area contributed by atoms with E-state index >= 15 is 0 Å². The maximum Gasteiger partial charge on any atom is 0.408 e. The Hall–Kier alpha value is -4.22. The summed E-state index contributed by atoms with van der Waals surface area (Å²) in [5.41, 5.74) is -1.80. The predicted octanol–water partition coefficient (Wildman–Crippen LogP) is 4.41. The van der Waals surface area contributed by atoms with Crippen molar-refractivity contribution < 1.29 is 38.2 Å². The molecule has 0 aromatic heterocycles. The van der Waals surface area contributed by atoms with Crippen molar-refractivity contribution in [1.29, 1.82) is 0 Å². The van der Waals surface area contributed by atoms with E-state index in [0.29, 0.717) is 13.0 Å². The van der Waals surface area contributed by atoms with Gasteiger partial charge in [-0.05, 0) is 75.7 Å². The zero-order chi connectivity index (χ0) is 37.8. The lowest BCUT2D eigenvalue weighted by atomic mass is 9.85. The van der Waals surface area contributed by atoms with Crippen LogP contribution in [-0.4, -0.2) is 77.3 Å². The molecular weight excluding hydrogens is 640 g/mol. The molecule has 5 atom stereocenters. The van der Waals surface area contributed by atoms with Crippen molar-refractivity contribution in [3.05, 3.63) is 48.6 Å². The number of allylic oxidation sites excluding steroid dienone is 1. The van der Waals surface area contributed by atoms with Crippen LogP contribution in [0.5, 0.6) is 0 Å². The average molecular weight is 697 g/mol. The van der Waals surface area contributed by atoms with E-state index in [1.165, 1.54) is 4.90 Å². The van der Waals surface area contributed by atoms with Crippen LogP contribution >= 0.6 is 0 Å². The zero-order valence-corrected chi connectivity index (χ0v) is 31.3. The summed E-state index contributed by atoms with van der Waals surface area (Å²) in [5.74, 6) is -3.49. The molecule has 1 saturated heterocycles. The summed E-state index contributed by atoms with van der Waals surface area (Å²) in [6.07, 6.45) is 1.11.